The summed E-state index contributed by atoms with van der Waals surface area (Å²) in [4.78, 5) is 0. The zero-order chi connectivity index (χ0) is 14.2. The maximum Gasteiger partial charge on any atom is 0.119 e. The molecule has 0 saturated heterocycles. The van der Waals surface area contributed by atoms with Crippen molar-refractivity contribution in [1.29, 1.82) is 0 Å². The molecule has 1 atom stereocenters. The second-order valence-electron chi connectivity index (χ2n) is 5.58. The third kappa shape index (κ3) is 4.71. The van der Waals surface area contributed by atoms with E-state index in [4.69, 9.17) is 4.74 Å². The van der Waals surface area contributed by atoms with Gasteiger partial charge in [0.2, 0.25) is 0 Å². The molecule has 1 aromatic carbocycles. The summed E-state index contributed by atoms with van der Waals surface area (Å²) in [5.74, 6) is 2.29. The largest absolute Gasteiger partial charge is 0.497 e. The summed E-state index contributed by atoms with van der Waals surface area (Å²) in [7, 11) is 1.74. The van der Waals surface area contributed by atoms with Gasteiger partial charge in [-0.05, 0) is 73.9 Å². The molecule has 1 aliphatic carbocycles. The van der Waals surface area contributed by atoms with Gasteiger partial charge in [0.15, 0.2) is 0 Å². The van der Waals surface area contributed by atoms with Crippen molar-refractivity contribution in [3.05, 3.63) is 29.3 Å². The molecule has 0 radical (unpaired) electrons. The highest BCUT2D eigenvalue weighted by atomic mass is 32.2. The Morgan fingerprint density at radius 2 is 2.15 bits per heavy atom. The molecule has 3 heteroatoms. The number of hydrogen-bond donors (Lipinski definition) is 1. The predicted molar refractivity (Wildman–Crippen MR) is 89.0 cm³/mol. The second-order valence-corrected chi connectivity index (χ2v) is 6.57. The molecule has 1 aromatic rings. The monoisotopic (exact) mass is 293 g/mol. The van der Waals surface area contributed by atoms with Crippen LogP contribution in [0.25, 0.3) is 0 Å². The molecule has 0 aliphatic heterocycles. The summed E-state index contributed by atoms with van der Waals surface area (Å²) in [6.07, 6.45) is 9.82. The minimum Gasteiger partial charge on any atom is -0.497 e. The minimum absolute atomic E-state index is 0.648. The van der Waals surface area contributed by atoms with Gasteiger partial charge in [-0.1, -0.05) is 12.5 Å². The van der Waals surface area contributed by atoms with Crippen molar-refractivity contribution in [3.8, 4) is 5.75 Å². The number of methoxy groups -OCH3 is 1. The average molecular weight is 293 g/mol. The lowest BCUT2D eigenvalue weighted by molar-refractivity contribution is 0.410. The minimum atomic E-state index is 0.648. The van der Waals surface area contributed by atoms with Crippen LogP contribution in [0.4, 0.5) is 0 Å². The lowest BCUT2D eigenvalue weighted by Crippen LogP contribution is -2.35. The third-order valence-corrected chi connectivity index (χ3v) is 4.80. The van der Waals surface area contributed by atoms with Crippen LogP contribution in [0.1, 0.15) is 36.8 Å². The number of fused-ring (bicyclic) bond motifs is 1. The Bertz CT molecular complexity index is 408. The first-order chi connectivity index (χ1) is 9.83. The number of rotatable bonds is 8. The van der Waals surface area contributed by atoms with E-state index >= 15 is 0 Å². The predicted octanol–water partition coefficient (Wildman–Crippen LogP) is 3.68. The lowest BCUT2D eigenvalue weighted by Gasteiger charge is -2.26. The molecule has 0 spiro atoms. The molecule has 20 heavy (non-hydrogen) atoms. The van der Waals surface area contributed by atoms with Gasteiger partial charge in [-0.2, -0.15) is 11.8 Å². The number of thioether (sulfide) groups is 1. The van der Waals surface area contributed by atoms with Crippen molar-refractivity contribution in [2.75, 3.05) is 25.7 Å². The molecule has 2 rings (SSSR count). The number of aryl methyl sites for hydroxylation is 1. The Morgan fingerprint density at radius 3 is 2.95 bits per heavy atom. The van der Waals surface area contributed by atoms with Gasteiger partial charge in [-0.15, -0.1) is 0 Å². The molecule has 2 nitrogen and oxygen atoms in total. The smallest absolute Gasteiger partial charge is 0.119 e. The molecule has 0 fully saturated rings. The fourth-order valence-electron chi connectivity index (χ4n) is 2.89. The Morgan fingerprint density at radius 1 is 1.25 bits per heavy atom. The second kappa shape index (κ2) is 8.58. The maximum absolute atomic E-state index is 5.33. The standard InChI is InChI=1S/C17H27NOS/c1-19-17-9-7-14-6-8-16(12-15(14)13-17)18-10-4-3-5-11-20-2/h7,9,13,16,18H,3-6,8,10-12H2,1-2H3. The van der Waals surface area contributed by atoms with Gasteiger partial charge in [0.05, 0.1) is 7.11 Å². The molecule has 0 heterocycles. The highest BCUT2D eigenvalue weighted by Gasteiger charge is 2.18. The van der Waals surface area contributed by atoms with E-state index in [1.807, 2.05) is 11.8 Å². The Balaban J connectivity index is 1.73. The molecular formula is C17H27NOS. The van der Waals surface area contributed by atoms with Gasteiger partial charge in [0.1, 0.15) is 5.75 Å². The van der Waals surface area contributed by atoms with Crippen molar-refractivity contribution in [2.45, 2.75) is 44.6 Å². The van der Waals surface area contributed by atoms with Crippen molar-refractivity contribution in [1.82, 2.24) is 5.32 Å². The van der Waals surface area contributed by atoms with Crippen LogP contribution in [0.15, 0.2) is 18.2 Å². The van der Waals surface area contributed by atoms with Crippen molar-refractivity contribution in [3.63, 3.8) is 0 Å². The SMILES string of the molecule is COc1ccc2c(c1)CC(NCCCCCSC)CC2. The summed E-state index contributed by atoms with van der Waals surface area (Å²) in [6, 6.07) is 7.17. The number of hydrogen-bond acceptors (Lipinski definition) is 3. The molecule has 0 amide bonds. The van der Waals surface area contributed by atoms with Crippen LogP contribution >= 0.6 is 11.8 Å². The summed E-state index contributed by atoms with van der Waals surface area (Å²) in [5, 5.41) is 3.73. The van der Waals surface area contributed by atoms with Crippen LogP contribution in [0, 0.1) is 0 Å². The molecule has 1 unspecified atom stereocenters. The number of benzene rings is 1. The van der Waals surface area contributed by atoms with Gasteiger partial charge in [0, 0.05) is 6.04 Å². The van der Waals surface area contributed by atoms with E-state index in [0.717, 1.165) is 12.2 Å². The van der Waals surface area contributed by atoms with Crippen molar-refractivity contribution in [2.24, 2.45) is 0 Å². The third-order valence-electron chi connectivity index (χ3n) is 4.10. The summed E-state index contributed by atoms with van der Waals surface area (Å²) >= 11 is 1.95. The summed E-state index contributed by atoms with van der Waals surface area (Å²) in [5.41, 5.74) is 2.97. The molecule has 112 valence electrons. The van der Waals surface area contributed by atoms with Gasteiger partial charge in [-0.25, -0.2) is 0 Å². The Hall–Kier alpha value is -0.670. The first-order valence-electron chi connectivity index (χ1n) is 7.71. The van der Waals surface area contributed by atoms with Crippen LogP contribution in [-0.2, 0) is 12.8 Å². The van der Waals surface area contributed by atoms with E-state index in [2.05, 4.69) is 29.8 Å². The molecular weight excluding hydrogens is 266 g/mol. The molecule has 0 bridgehead atoms. The quantitative estimate of drug-likeness (QED) is 0.739. The van der Waals surface area contributed by atoms with E-state index in [9.17, 15) is 0 Å². The van der Waals surface area contributed by atoms with E-state index in [1.165, 1.54) is 55.5 Å². The Kier molecular flexibility index (Phi) is 6.74. The topological polar surface area (TPSA) is 21.3 Å². The van der Waals surface area contributed by atoms with Crippen molar-refractivity contribution >= 4 is 11.8 Å². The van der Waals surface area contributed by atoms with Crippen LogP contribution < -0.4 is 10.1 Å². The first kappa shape index (κ1) is 15.7. The average Bonchev–Trinajstić information content (AvgIpc) is 2.50. The Labute approximate surface area is 127 Å². The van der Waals surface area contributed by atoms with E-state index in [-0.39, 0.29) is 0 Å². The summed E-state index contributed by atoms with van der Waals surface area (Å²) in [6.45, 7) is 1.17. The van der Waals surface area contributed by atoms with Crippen LogP contribution in [-0.4, -0.2) is 31.7 Å². The van der Waals surface area contributed by atoms with Gasteiger partial charge in [-0.3, -0.25) is 0 Å². The zero-order valence-corrected chi connectivity index (χ0v) is 13.6. The van der Waals surface area contributed by atoms with Gasteiger partial charge < -0.3 is 10.1 Å². The highest BCUT2D eigenvalue weighted by Crippen LogP contribution is 2.25. The van der Waals surface area contributed by atoms with Crippen LogP contribution in [0.2, 0.25) is 0 Å². The number of ether oxygens (including phenoxy) is 1. The van der Waals surface area contributed by atoms with Gasteiger partial charge >= 0.3 is 0 Å². The van der Waals surface area contributed by atoms with Gasteiger partial charge in [0.25, 0.3) is 0 Å². The fourth-order valence-corrected chi connectivity index (χ4v) is 3.38. The van der Waals surface area contributed by atoms with E-state index in [0.29, 0.717) is 6.04 Å². The molecule has 1 aliphatic rings. The number of unbranched alkanes of at least 4 members (excludes halogenated alkanes) is 2. The zero-order valence-electron chi connectivity index (χ0n) is 12.8. The summed E-state index contributed by atoms with van der Waals surface area (Å²) < 4.78 is 5.33. The van der Waals surface area contributed by atoms with Crippen LogP contribution in [0.5, 0.6) is 5.75 Å². The number of nitrogens with one attached hydrogen (secondary N) is 1. The van der Waals surface area contributed by atoms with E-state index < -0.39 is 0 Å². The lowest BCUT2D eigenvalue weighted by atomic mass is 9.88. The molecule has 0 aromatic heterocycles. The van der Waals surface area contributed by atoms with Crippen LogP contribution in [0.3, 0.4) is 0 Å². The highest BCUT2D eigenvalue weighted by molar-refractivity contribution is 7.98. The molecule has 1 N–H and O–H groups in total. The fraction of sp³-hybridized carbons (Fsp3) is 0.647. The van der Waals surface area contributed by atoms with E-state index in [1.54, 1.807) is 7.11 Å². The normalized spacial score (nSPS) is 17.8. The maximum atomic E-state index is 5.33. The van der Waals surface area contributed by atoms with Crippen molar-refractivity contribution < 1.29 is 4.74 Å². The first-order valence-corrected chi connectivity index (χ1v) is 9.11. The molecule has 0 saturated carbocycles.